The Morgan fingerprint density at radius 3 is 2.44 bits per heavy atom. The van der Waals surface area contributed by atoms with Gasteiger partial charge in [0.2, 0.25) is 0 Å². The van der Waals surface area contributed by atoms with Crippen molar-refractivity contribution in [1.82, 2.24) is 4.98 Å². The van der Waals surface area contributed by atoms with Crippen LogP contribution in [0.5, 0.6) is 0 Å². The summed E-state index contributed by atoms with van der Waals surface area (Å²) < 4.78 is 0. The van der Waals surface area contributed by atoms with Gasteiger partial charge in [0, 0.05) is 11.9 Å². The van der Waals surface area contributed by atoms with Crippen LogP contribution in [0.15, 0.2) is 12.3 Å². The van der Waals surface area contributed by atoms with Gasteiger partial charge in [-0.25, -0.2) is 0 Å². The van der Waals surface area contributed by atoms with Crippen LogP contribution >= 0.6 is 0 Å². The van der Waals surface area contributed by atoms with Crippen molar-refractivity contribution in [1.29, 1.82) is 0 Å². The zero-order valence-corrected chi connectivity index (χ0v) is 12.8. The minimum Gasteiger partial charge on any atom is -0.261 e. The van der Waals surface area contributed by atoms with Gasteiger partial charge in [-0.05, 0) is 49.3 Å². The molecular weight excluding hydrogens is 218 g/mol. The lowest BCUT2D eigenvalue weighted by molar-refractivity contribution is 0.393. The molecule has 0 aliphatic heterocycles. The SMILES string of the molecule is CCCCCCC(C)(CC)c1ccnc(C)c1C. The molecule has 1 heteroatoms. The zero-order valence-electron chi connectivity index (χ0n) is 12.8. The molecule has 102 valence electrons. The number of hydrogen-bond acceptors (Lipinski definition) is 1. The molecule has 1 unspecified atom stereocenters. The summed E-state index contributed by atoms with van der Waals surface area (Å²) in [6.07, 6.45) is 9.88. The van der Waals surface area contributed by atoms with Gasteiger partial charge in [0.1, 0.15) is 0 Å². The van der Waals surface area contributed by atoms with Crippen LogP contribution in [0.3, 0.4) is 0 Å². The van der Waals surface area contributed by atoms with E-state index in [2.05, 4.69) is 45.7 Å². The average Bonchev–Trinajstić information content (AvgIpc) is 2.37. The second-order valence-corrected chi connectivity index (χ2v) is 5.79. The summed E-state index contributed by atoms with van der Waals surface area (Å²) >= 11 is 0. The van der Waals surface area contributed by atoms with Crippen molar-refractivity contribution in [3.05, 3.63) is 29.1 Å². The van der Waals surface area contributed by atoms with Gasteiger partial charge >= 0.3 is 0 Å². The smallest absolute Gasteiger partial charge is 0.0404 e. The Labute approximate surface area is 113 Å². The van der Waals surface area contributed by atoms with Gasteiger partial charge in [-0.15, -0.1) is 0 Å². The predicted octanol–water partition coefficient (Wildman–Crippen LogP) is 5.34. The van der Waals surface area contributed by atoms with Crippen LogP contribution in [-0.2, 0) is 5.41 Å². The average molecular weight is 247 g/mol. The Morgan fingerprint density at radius 1 is 1.11 bits per heavy atom. The molecule has 0 N–H and O–H groups in total. The van der Waals surface area contributed by atoms with Crippen molar-refractivity contribution >= 4 is 0 Å². The third-order valence-electron chi connectivity index (χ3n) is 4.47. The maximum absolute atomic E-state index is 4.40. The van der Waals surface area contributed by atoms with Gasteiger partial charge in [-0.3, -0.25) is 4.98 Å². The second-order valence-electron chi connectivity index (χ2n) is 5.79. The van der Waals surface area contributed by atoms with Gasteiger partial charge < -0.3 is 0 Å². The van der Waals surface area contributed by atoms with E-state index in [0.29, 0.717) is 5.41 Å². The summed E-state index contributed by atoms with van der Waals surface area (Å²) in [7, 11) is 0. The molecule has 0 aliphatic carbocycles. The van der Waals surface area contributed by atoms with Crippen LogP contribution in [0.4, 0.5) is 0 Å². The molecule has 0 fully saturated rings. The Hall–Kier alpha value is -0.850. The van der Waals surface area contributed by atoms with Crippen molar-refractivity contribution in [3.63, 3.8) is 0 Å². The topological polar surface area (TPSA) is 12.9 Å². The molecule has 0 saturated carbocycles. The monoisotopic (exact) mass is 247 g/mol. The maximum atomic E-state index is 4.40. The number of aromatic nitrogens is 1. The van der Waals surface area contributed by atoms with E-state index in [0.717, 1.165) is 0 Å². The van der Waals surface area contributed by atoms with Gasteiger partial charge in [-0.2, -0.15) is 0 Å². The summed E-state index contributed by atoms with van der Waals surface area (Å²) in [6, 6.07) is 2.23. The minimum atomic E-state index is 0.325. The number of hydrogen-bond donors (Lipinski definition) is 0. The molecule has 0 saturated heterocycles. The van der Waals surface area contributed by atoms with Crippen molar-refractivity contribution in [2.45, 2.75) is 78.6 Å². The molecule has 1 heterocycles. The Kier molecular flexibility index (Phi) is 5.84. The Morgan fingerprint density at radius 2 is 1.83 bits per heavy atom. The third-order valence-corrected chi connectivity index (χ3v) is 4.47. The van der Waals surface area contributed by atoms with E-state index in [-0.39, 0.29) is 0 Å². The lowest BCUT2D eigenvalue weighted by Crippen LogP contribution is -2.22. The predicted molar refractivity (Wildman–Crippen MR) is 80.1 cm³/mol. The van der Waals surface area contributed by atoms with E-state index in [4.69, 9.17) is 0 Å². The zero-order chi connectivity index (χ0) is 13.6. The number of pyridine rings is 1. The first-order chi connectivity index (χ1) is 8.55. The number of aryl methyl sites for hydroxylation is 1. The Bertz CT molecular complexity index is 370. The van der Waals surface area contributed by atoms with E-state index in [1.165, 1.54) is 55.3 Å². The number of unbranched alkanes of at least 4 members (excludes halogenated alkanes) is 3. The van der Waals surface area contributed by atoms with E-state index in [1.807, 2.05) is 6.20 Å². The van der Waals surface area contributed by atoms with Crippen molar-refractivity contribution in [2.75, 3.05) is 0 Å². The first-order valence-corrected chi connectivity index (χ1v) is 7.48. The lowest BCUT2D eigenvalue weighted by atomic mass is 9.74. The molecule has 1 nitrogen and oxygen atoms in total. The molecule has 18 heavy (non-hydrogen) atoms. The van der Waals surface area contributed by atoms with Crippen LogP contribution < -0.4 is 0 Å². The molecule has 1 atom stereocenters. The highest BCUT2D eigenvalue weighted by Gasteiger charge is 2.26. The molecule has 0 bridgehead atoms. The molecule has 0 aliphatic rings. The highest BCUT2D eigenvalue weighted by atomic mass is 14.7. The second kappa shape index (κ2) is 6.92. The van der Waals surface area contributed by atoms with E-state index >= 15 is 0 Å². The summed E-state index contributed by atoms with van der Waals surface area (Å²) in [5.41, 5.74) is 4.40. The van der Waals surface area contributed by atoms with Crippen molar-refractivity contribution in [2.24, 2.45) is 0 Å². The van der Waals surface area contributed by atoms with Gasteiger partial charge in [0.15, 0.2) is 0 Å². The van der Waals surface area contributed by atoms with Gasteiger partial charge in [0.05, 0.1) is 0 Å². The molecule has 0 amide bonds. The van der Waals surface area contributed by atoms with Gasteiger partial charge in [0.25, 0.3) is 0 Å². The quantitative estimate of drug-likeness (QED) is 0.593. The van der Waals surface area contributed by atoms with Gasteiger partial charge in [-0.1, -0.05) is 46.5 Å². The first-order valence-electron chi connectivity index (χ1n) is 7.48. The van der Waals surface area contributed by atoms with Crippen LogP contribution in [0.1, 0.15) is 76.1 Å². The van der Waals surface area contributed by atoms with Crippen LogP contribution in [0, 0.1) is 13.8 Å². The molecule has 1 aromatic rings. The third kappa shape index (κ3) is 3.57. The fourth-order valence-electron chi connectivity index (χ4n) is 2.74. The lowest BCUT2D eigenvalue weighted by Gasteiger charge is -2.31. The first kappa shape index (κ1) is 15.2. The maximum Gasteiger partial charge on any atom is 0.0404 e. The van der Waals surface area contributed by atoms with Crippen molar-refractivity contribution in [3.8, 4) is 0 Å². The van der Waals surface area contributed by atoms with Crippen molar-refractivity contribution < 1.29 is 0 Å². The van der Waals surface area contributed by atoms with Crippen LogP contribution in [-0.4, -0.2) is 4.98 Å². The van der Waals surface area contributed by atoms with E-state index < -0.39 is 0 Å². The molecule has 0 spiro atoms. The fraction of sp³-hybridized carbons (Fsp3) is 0.706. The Balaban J connectivity index is 2.82. The molecule has 0 aromatic carbocycles. The number of rotatable bonds is 7. The van der Waals surface area contributed by atoms with Crippen LogP contribution in [0.25, 0.3) is 0 Å². The largest absolute Gasteiger partial charge is 0.261 e. The summed E-state index contributed by atoms with van der Waals surface area (Å²) in [5, 5.41) is 0. The fourth-order valence-corrected chi connectivity index (χ4v) is 2.74. The van der Waals surface area contributed by atoms with Crippen LogP contribution in [0.2, 0.25) is 0 Å². The van der Waals surface area contributed by atoms with E-state index in [1.54, 1.807) is 0 Å². The standard InChI is InChI=1S/C17H29N/c1-6-8-9-10-12-17(5,7-2)16-11-13-18-15(4)14(16)3/h11,13H,6-10,12H2,1-5H3. The minimum absolute atomic E-state index is 0.325. The van der Waals surface area contributed by atoms with E-state index in [9.17, 15) is 0 Å². The molecular formula is C17H29N. The summed E-state index contributed by atoms with van der Waals surface area (Å²) in [6.45, 7) is 11.3. The highest BCUT2D eigenvalue weighted by Crippen LogP contribution is 2.35. The summed E-state index contributed by atoms with van der Waals surface area (Å²) in [5.74, 6) is 0. The molecule has 1 rings (SSSR count). The normalized spacial score (nSPS) is 14.5. The number of nitrogens with zero attached hydrogens (tertiary/aromatic N) is 1. The highest BCUT2D eigenvalue weighted by molar-refractivity contribution is 5.34. The molecule has 1 aromatic heterocycles. The summed E-state index contributed by atoms with van der Waals surface area (Å²) in [4.78, 5) is 4.40. The molecule has 0 radical (unpaired) electrons.